The van der Waals surface area contributed by atoms with Gasteiger partial charge in [0.25, 0.3) is 0 Å². The lowest BCUT2D eigenvalue weighted by molar-refractivity contribution is -0.126. The van der Waals surface area contributed by atoms with E-state index in [4.69, 9.17) is 18.6 Å². The highest BCUT2D eigenvalue weighted by Crippen LogP contribution is 2.68. The summed E-state index contributed by atoms with van der Waals surface area (Å²) < 4.78 is 23.7. The van der Waals surface area contributed by atoms with Gasteiger partial charge in [-0.2, -0.15) is 0 Å². The Morgan fingerprint density at radius 3 is 2.05 bits per heavy atom. The fourth-order valence-electron chi connectivity index (χ4n) is 12.1. The van der Waals surface area contributed by atoms with Gasteiger partial charge in [0.15, 0.2) is 0 Å². The minimum atomic E-state index is -0.757. The summed E-state index contributed by atoms with van der Waals surface area (Å²) in [7, 11) is 1.01. The maximum absolute atomic E-state index is 6.70. The molecule has 0 spiro atoms. The molecule has 0 bridgehead atoms. The van der Waals surface area contributed by atoms with E-state index in [-0.39, 0.29) is 0 Å². The van der Waals surface area contributed by atoms with Crippen molar-refractivity contribution >= 4 is 9.04 Å². The van der Waals surface area contributed by atoms with Crippen molar-refractivity contribution in [3.63, 3.8) is 0 Å². The number of hydrogen-bond acceptors (Lipinski definition) is 4. The van der Waals surface area contributed by atoms with E-state index in [0.29, 0.717) is 16.9 Å². The molecule has 2 aromatic carbocycles. The Morgan fingerprint density at radius 2 is 1.36 bits per heavy atom. The second-order valence-corrected chi connectivity index (χ2v) is 21.3. The third-order valence-corrected chi connectivity index (χ3v) is 16.6. The van der Waals surface area contributed by atoms with Gasteiger partial charge < -0.3 is 18.6 Å². The third-order valence-electron chi connectivity index (χ3n) is 15.3. The SMILES string of the molecule is CO[Si](C)COCCCCCCOc1ccc(C#Cc2ccc(OC3CCC4(C)C(CCC5C4CCC4(C)C(C(C)CCCC(C)C)CCC54)C3)cc2)cc1. The zero-order chi connectivity index (χ0) is 38.8. The highest BCUT2D eigenvalue weighted by molar-refractivity contribution is 6.49. The average molecular weight is 768 g/mol. The van der Waals surface area contributed by atoms with E-state index in [1.54, 1.807) is 7.11 Å². The quantitative estimate of drug-likeness (QED) is 0.0860. The van der Waals surface area contributed by atoms with Gasteiger partial charge in [0.05, 0.1) is 18.9 Å². The van der Waals surface area contributed by atoms with Crippen LogP contribution in [0.3, 0.4) is 0 Å². The summed E-state index contributed by atoms with van der Waals surface area (Å²) in [5.41, 5.74) is 3.10. The van der Waals surface area contributed by atoms with Crippen molar-refractivity contribution in [2.75, 3.05) is 26.6 Å². The molecule has 0 aromatic heterocycles. The lowest BCUT2D eigenvalue weighted by Gasteiger charge is -2.61. The normalized spacial score (nSPS) is 30.6. The van der Waals surface area contributed by atoms with Crippen LogP contribution in [0.4, 0.5) is 0 Å². The van der Waals surface area contributed by atoms with Crippen LogP contribution < -0.4 is 9.47 Å². The van der Waals surface area contributed by atoms with Gasteiger partial charge in [-0.05, 0) is 184 Å². The van der Waals surface area contributed by atoms with Crippen molar-refractivity contribution in [3.05, 3.63) is 59.7 Å². The number of unbranched alkanes of at least 4 members (excludes halogenated alkanes) is 3. The first kappa shape index (κ1) is 42.3. The Balaban J connectivity index is 0.919. The Bertz CT molecular complexity index is 1510. The minimum Gasteiger partial charge on any atom is -0.494 e. The first-order chi connectivity index (χ1) is 26.6. The first-order valence-electron chi connectivity index (χ1n) is 22.5. The van der Waals surface area contributed by atoms with Crippen molar-refractivity contribution in [1.82, 2.24) is 0 Å². The van der Waals surface area contributed by atoms with E-state index in [1.807, 2.05) is 12.1 Å². The summed E-state index contributed by atoms with van der Waals surface area (Å²) in [6.07, 6.45) is 22.4. The molecule has 4 saturated carbocycles. The number of benzene rings is 2. The molecule has 4 aliphatic rings. The molecular weight excluding hydrogens is 693 g/mol. The van der Waals surface area contributed by atoms with Crippen LogP contribution in [0.1, 0.15) is 148 Å². The maximum Gasteiger partial charge on any atom is 0.234 e. The van der Waals surface area contributed by atoms with Crippen LogP contribution in [0.2, 0.25) is 6.55 Å². The third kappa shape index (κ3) is 10.8. The second-order valence-electron chi connectivity index (χ2n) is 19.2. The van der Waals surface area contributed by atoms with Crippen molar-refractivity contribution in [2.24, 2.45) is 52.3 Å². The summed E-state index contributed by atoms with van der Waals surface area (Å²) >= 11 is 0. The lowest BCUT2D eigenvalue weighted by Crippen LogP contribution is -2.54. The van der Waals surface area contributed by atoms with Gasteiger partial charge in [-0.25, -0.2) is 0 Å². The summed E-state index contributed by atoms with van der Waals surface area (Å²) in [5, 5.41) is 0. The molecular formula is C50H75O4Si. The average Bonchev–Trinajstić information content (AvgIpc) is 3.54. The van der Waals surface area contributed by atoms with Gasteiger partial charge in [-0.15, -0.1) is 0 Å². The summed E-state index contributed by atoms with van der Waals surface area (Å²) in [5.74, 6) is 14.9. The summed E-state index contributed by atoms with van der Waals surface area (Å²) in [4.78, 5) is 0. The Labute approximate surface area is 338 Å². The van der Waals surface area contributed by atoms with E-state index in [1.165, 1.54) is 83.5 Å². The van der Waals surface area contributed by atoms with Gasteiger partial charge in [-0.1, -0.05) is 72.1 Å². The second kappa shape index (κ2) is 19.9. The molecule has 0 saturated heterocycles. The van der Waals surface area contributed by atoms with Crippen molar-refractivity contribution in [2.45, 2.75) is 150 Å². The van der Waals surface area contributed by atoms with Crippen LogP contribution in [-0.2, 0) is 9.16 Å². The molecule has 2 aromatic rings. The summed E-state index contributed by atoms with van der Waals surface area (Å²) in [6.45, 7) is 16.5. The van der Waals surface area contributed by atoms with Crippen LogP contribution >= 0.6 is 0 Å². The van der Waals surface area contributed by atoms with Crippen LogP contribution in [0, 0.1) is 64.1 Å². The van der Waals surface area contributed by atoms with Gasteiger partial charge in [-0.3, -0.25) is 0 Å². The van der Waals surface area contributed by atoms with E-state index < -0.39 is 9.04 Å². The molecule has 5 heteroatoms. The number of ether oxygens (including phenoxy) is 3. The fraction of sp³-hybridized carbons (Fsp3) is 0.720. The molecule has 303 valence electrons. The fourth-order valence-corrected chi connectivity index (χ4v) is 12.6. The maximum atomic E-state index is 6.70. The van der Waals surface area contributed by atoms with Crippen molar-refractivity contribution in [1.29, 1.82) is 0 Å². The molecule has 9 unspecified atom stereocenters. The van der Waals surface area contributed by atoms with E-state index >= 15 is 0 Å². The van der Waals surface area contributed by atoms with Gasteiger partial charge in [0.2, 0.25) is 9.04 Å². The molecule has 0 aliphatic heterocycles. The Kier molecular flexibility index (Phi) is 15.3. The molecule has 0 amide bonds. The topological polar surface area (TPSA) is 36.9 Å². The van der Waals surface area contributed by atoms with Crippen LogP contribution in [0.15, 0.2) is 48.5 Å². The Hall–Kier alpha value is -2.26. The minimum absolute atomic E-state index is 0.333. The number of rotatable bonds is 18. The van der Waals surface area contributed by atoms with Crippen LogP contribution in [0.5, 0.6) is 11.5 Å². The highest BCUT2D eigenvalue weighted by Gasteiger charge is 2.60. The van der Waals surface area contributed by atoms with Gasteiger partial charge in [0.1, 0.15) is 11.5 Å². The molecule has 4 fully saturated rings. The molecule has 4 aliphatic carbocycles. The van der Waals surface area contributed by atoms with E-state index in [9.17, 15) is 0 Å². The number of fused-ring (bicyclic) bond motifs is 5. The predicted octanol–water partition coefficient (Wildman–Crippen LogP) is 12.7. The van der Waals surface area contributed by atoms with E-state index in [0.717, 1.165) is 103 Å². The van der Waals surface area contributed by atoms with Crippen LogP contribution in [-0.4, -0.2) is 41.7 Å². The first-order valence-corrected chi connectivity index (χ1v) is 24.7. The molecule has 6 rings (SSSR count). The molecule has 4 nitrogen and oxygen atoms in total. The molecule has 0 N–H and O–H groups in total. The van der Waals surface area contributed by atoms with Gasteiger partial charge >= 0.3 is 0 Å². The van der Waals surface area contributed by atoms with Crippen LogP contribution in [0.25, 0.3) is 0 Å². The predicted molar refractivity (Wildman–Crippen MR) is 230 cm³/mol. The number of hydrogen-bond donors (Lipinski definition) is 0. The molecule has 0 heterocycles. The Morgan fingerprint density at radius 1 is 0.709 bits per heavy atom. The van der Waals surface area contributed by atoms with E-state index in [2.05, 4.69) is 89.4 Å². The monoisotopic (exact) mass is 768 g/mol. The highest BCUT2D eigenvalue weighted by atomic mass is 28.3. The molecule has 55 heavy (non-hydrogen) atoms. The standard InChI is InChI=1S/C50H75O4Si/c1-37(2)13-12-14-38(3)46-27-28-47-45-26-21-41-35-44(29-31-49(41,4)48(45)30-32-50(46,47)5)54-43-24-19-40(20-25-43)16-15-39-17-22-42(23-18-39)53-34-11-9-8-10-33-52-36-55(7)51-6/h17-20,22-25,37-38,41,44-48H,8-14,21,26-36H2,1-7H3. The molecule has 1 radical (unpaired) electrons. The van der Waals surface area contributed by atoms with Crippen molar-refractivity contribution in [3.8, 4) is 23.3 Å². The zero-order valence-corrected chi connectivity index (χ0v) is 36.8. The van der Waals surface area contributed by atoms with Crippen molar-refractivity contribution < 1.29 is 18.6 Å². The largest absolute Gasteiger partial charge is 0.494 e. The summed E-state index contributed by atoms with van der Waals surface area (Å²) in [6, 6.07) is 16.7. The lowest BCUT2D eigenvalue weighted by atomic mass is 9.44. The molecule has 9 atom stereocenters. The zero-order valence-electron chi connectivity index (χ0n) is 35.8. The van der Waals surface area contributed by atoms with Gasteiger partial charge in [0, 0.05) is 24.8 Å². The smallest absolute Gasteiger partial charge is 0.234 e.